The molecule has 0 radical (unpaired) electrons. The van der Waals surface area contributed by atoms with E-state index in [0.29, 0.717) is 0 Å². The summed E-state index contributed by atoms with van der Waals surface area (Å²) in [7, 11) is 0. The lowest BCUT2D eigenvalue weighted by Gasteiger charge is -2.28. The normalized spacial score (nSPS) is 11.6. The minimum atomic E-state index is 0.893. The van der Waals surface area contributed by atoms with Gasteiger partial charge in [-0.25, -0.2) is 0 Å². The third-order valence-corrected chi connectivity index (χ3v) is 12.1. The van der Waals surface area contributed by atoms with Crippen LogP contribution in [0.5, 0.6) is 0 Å². The maximum Gasteiger partial charge on any atom is 0.136 e. The van der Waals surface area contributed by atoms with Crippen molar-refractivity contribution in [2.45, 2.75) is 0 Å². The van der Waals surface area contributed by atoms with Gasteiger partial charge in [-0.05, 0) is 99.3 Å². The molecule has 258 valence electrons. The first kappa shape index (κ1) is 31.6. The van der Waals surface area contributed by atoms with Gasteiger partial charge in [-0.1, -0.05) is 140 Å². The number of para-hydroxylation sites is 1. The fraction of sp³-hybridized carbons (Fsp3) is 0. The Labute approximate surface area is 322 Å². The topological polar surface area (TPSA) is 16.4 Å². The molecule has 0 aliphatic heterocycles. The van der Waals surface area contributed by atoms with Gasteiger partial charge in [0.1, 0.15) is 11.2 Å². The van der Waals surface area contributed by atoms with Gasteiger partial charge in [0.2, 0.25) is 0 Å². The average molecular weight is 720 g/mol. The van der Waals surface area contributed by atoms with Crippen LogP contribution in [0.4, 0.5) is 17.1 Å². The first-order valence-electron chi connectivity index (χ1n) is 18.7. The van der Waals surface area contributed by atoms with E-state index < -0.39 is 0 Å². The number of thiophene rings is 1. The van der Waals surface area contributed by atoms with Crippen LogP contribution in [0.2, 0.25) is 0 Å². The highest BCUT2D eigenvalue weighted by molar-refractivity contribution is 7.26. The Balaban J connectivity index is 1.06. The van der Waals surface area contributed by atoms with Crippen molar-refractivity contribution >= 4 is 81.3 Å². The standard InChI is InChI=1S/C52H33NOS/c1-2-11-34(12-3-1)35-21-26-40(27-22-35)53(41-28-23-36(24-29-41)43-17-10-18-45-44-16-7-9-20-51(44)55-52(43)45)48-19-8-6-15-42(48)39-25-30-49-46(32-39)47-31-37-13-4-5-14-38(37)33-50(47)54-49/h1-33H. The zero-order valence-corrected chi connectivity index (χ0v) is 30.6. The van der Waals surface area contributed by atoms with Crippen LogP contribution in [-0.4, -0.2) is 0 Å². The van der Waals surface area contributed by atoms with Gasteiger partial charge in [0.25, 0.3) is 0 Å². The van der Waals surface area contributed by atoms with Crippen LogP contribution < -0.4 is 4.90 Å². The second-order valence-electron chi connectivity index (χ2n) is 14.1. The lowest BCUT2D eigenvalue weighted by molar-refractivity contribution is 0.669. The summed E-state index contributed by atoms with van der Waals surface area (Å²) in [5.74, 6) is 0. The summed E-state index contributed by atoms with van der Waals surface area (Å²) < 4.78 is 9.04. The van der Waals surface area contributed by atoms with Gasteiger partial charge in [0.05, 0.1) is 5.69 Å². The van der Waals surface area contributed by atoms with E-state index in [1.165, 1.54) is 53.2 Å². The van der Waals surface area contributed by atoms with E-state index in [-0.39, 0.29) is 0 Å². The lowest BCUT2D eigenvalue weighted by atomic mass is 9.98. The fourth-order valence-corrected chi connectivity index (χ4v) is 9.41. The Hall–Kier alpha value is -6.94. The van der Waals surface area contributed by atoms with Gasteiger partial charge in [-0.15, -0.1) is 11.3 Å². The van der Waals surface area contributed by atoms with E-state index in [0.717, 1.165) is 50.1 Å². The summed E-state index contributed by atoms with van der Waals surface area (Å²) in [6.45, 7) is 0. The zero-order valence-electron chi connectivity index (χ0n) is 29.8. The van der Waals surface area contributed by atoms with Crippen LogP contribution in [0, 0.1) is 0 Å². The third kappa shape index (κ3) is 5.40. The van der Waals surface area contributed by atoms with Crippen molar-refractivity contribution in [3.05, 3.63) is 200 Å². The van der Waals surface area contributed by atoms with Crippen LogP contribution in [-0.2, 0) is 0 Å². The first-order valence-corrected chi connectivity index (χ1v) is 19.5. The van der Waals surface area contributed by atoms with E-state index in [2.05, 4.69) is 205 Å². The largest absolute Gasteiger partial charge is 0.456 e. The number of fused-ring (bicyclic) bond motifs is 7. The number of rotatable bonds is 6. The van der Waals surface area contributed by atoms with E-state index in [9.17, 15) is 0 Å². The van der Waals surface area contributed by atoms with Gasteiger partial charge >= 0.3 is 0 Å². The van der Waals surface area contributed by atoms with Crippen LogP contribution in [0.1, 0.15) is 0 Å². The van der Waals surface area contributed by atoms with Crippen LogP contribution in [0.15, 0.2) is 205 Å². The number of nitrogens with zero attached hydrogens (tertiary/aromatic N) is 1. The van der Waals surface area contributed by atoms with Gasteiger partial charge in [0, 0.05) is 47.9 Å². The highest BCUT2D eigenvalue weighted by atomic mass is 32.1. The Morgan fingerprint density at radius 3 is 1.78 bits per heavy atom. The second-order valence-corrected chi connectivity index (χ2v) is 15.2. The van der Waals surface area contributed by atoms with Gasteiger partial charge in [-0.3, -0.25) is 0 Å². The average Bonchev–Trinajstić information content (AvgIpc) is 3.81. The summed E-state index contributed by atoms with van der Waals surface area (Å²) >= 11 is 1.87. The number of benzene rings is 9. The van der Waals surface area contributed by atoms with Crippen LogP contribution >= 0.6 is 11.3 Å². The lowest BCUT2D eigenvalue weighted by Crippen LogP contribution is -2.11. The van der Waals surface area contributed by atoms with E-state index in [4.69, 9.17) is 4.42 Å². The molecule has 9 aromatic carbocycles. The highest BCUT2D eigenvalue weighted by Gasteiger charge is 2.19. The Morgan fingerprint density at radius 1 is 0.364 bits per heavy atom. The van der Waals surface area contributed by atoms with Gasteiger partial charge < -0.3 is 9.32 Å². The molecular formula is C52H33NOS. The van der Waals surface area contributed by atoms with E-state index in [1.807, 2.05) is 11.3 Å². The molecule has 0 unspecified atom stereocenters. The molecule has 0 aliphatic carbocycles. The predicted octanol–water partition coefficient (Wildman–Crippen LogP) is 15.6. The minimum absolute atomic E-state index is 0.893. The molecule has 0 saturated heterocycles. The molecule has 0 aliphatic rings. The fourth-order valence-electron chi connectivity index (χ4n) is 8.17. The Morgan fingerprint density at radius 2 is 0.964 bits per heavy atom. The minimum Gasteiger partial charge on any atom is -0.456 e. The molecule has 0 atom stereocenters. The number of furan rings is 1. The molecule has 2 heterocycles. The quantitative estimate of drug-likeness (QED) is 0.170. The molecule has 0 fully saturated rings. The maximum absolute atomic E-state index is 6.40. The third-order valence-electron chi connectivity index (χ3n) is 10.9. The van der Waals surface area contributed by atoms with Crippen LogP contribution in [0.3, 0.4) is 0 Å². The molecule has 0 saturated carbocycles. The van der Waals surface area contributed by atoms with Crippen LogP contribution in [0.25, 0.3) is 86.3 Å². The van der Waals surface area contributed by atoms with Gasteiger partial charge in [-0.2, -0.15) is 0 Å². The molecule has 11 aromatic rings. The summed E-state index contributed by atoms with van der Waals surface area (Å²) in [6, 6.07) is 72.2. The van der Waals surface area contributed by atoms with Crippen molar-refractivity contribution in [2.75, 3.05) is 4.90 Å². The smallest absolute Gasteiger partial charge is 0.136 e. The summed E-state index contributed by atoms with van der Waals surface area (Å²) in [4.78, 5) is 2.39. The molecule has 0 N–H and O–H groups in total. The van der Waals surface area contributed by atoms with Crippen molar-refractivity contribution in [2.24, 2.45) is 0 Å². The van der Waals surface area contributed by atoms with Crippen molar-refractivity contribution < 1.29 is 4.42 Å². The van der Waals surface area contributed by atoms with Crippen molar-refractivity contribution in [3.63, 3.8) is 0 Å². The molecule has 2 aromatic heterocycles. The molecule has 0 spiro atoms. The molecule has 55 heavy (non-hydrogen) atoms. The molecular weight excluding hydrogens is 687 g/mol. The SMILES string of the molecule is c1ccc(-c2ccc(N(c3ccc(-c4cccc5c4sc4ccccc45)cc3)c3ccccc3-c3ccc4oc5cc6ccccc6cc5c4c3)cc2)cc1. The summed E-state index contributed by atoms with van der Waals surface area (Å²) in [5.41, 5.74) is 12.2. The zero-order chi connectivity index (χ0) is 36.3. The molecule has 11 rings (SSSR count). The number of hydrogen-bond donors (Lipinski definition) is 0. The van der Waals surface area contributed by atoms with E-state index >= 15 is 0 Å². The molecule has 0 amide bonds. The Kier molecular flexibility index (Phi) is 7.39. The van der Waals surface area contributed by atoms with Crippen molar-refractivity contribution in [1.82, 2.24) is 0 Å². The van der Waals surface area contributed by atoms with E-state index in [1.54, 1.807) is 0 Å². The molecule has 0 bridgehead atoms. The van der Waals surface area contributed by atoms with Crippen molar-refractivity contribution in [3.8, 4) is 33.4 Å². The van der Waals surface area contributed by atoms with Gasteiger partial charge in [0.15, 0.2) is 0 Å². The van der Waals surface area contributed by atoms with Crippen molar-refractivity contribution in [1.29, 1.82) is 0 Å². The highest BCUT2D eigenvalue weighted by Crippen LogP contribution is 2.45. The summed E-state index contributed by atoms with van der Waals surface area (Å²) in [5, 5.41) is 7.27. The number of hydrogen-bond acceptors (Lipinski definition) is 3. The first-order chi connectivity index (χ1) is 27.2. The predicted molar refractivity (Wildman–Crippen MR) is 235 cm³/mol. The number of anilines is 3. The summed E-state index contributed by atoms with van der Waals surface area (Å²) in [6.07, 6.45) is 0. The monoisotopic (exact) mass is 719 g/mol. The molecule has 2 nitrogen and oxygen atoms in total. The Bertz CT molecular complexity index is 3190. The molecule has 3 heteroatoms. The maximum atomic E-state index is 6.40. The second kappa shape index (κ2) is 12.9.